The number of hydrogen-bond acceptors (Lipinski definition) is 4. The topological polar surface area (TPSA) is 40.8 Å². The molecule has 1 aromatic heterocycles. The van der Waals surface area contributed by atoms with Crippen LogP contribution in [0.15, 0.2) is 36.5 Å². The molecule has 1 aliphatic rings. The van der Waals surface area contributed by atoms with Gasteiger partial charge in [-0.3, -0.25) is 0 Å². The fraction of sp³-hybridized carbons (Fsp3) is 0.318. The number of benzene rings is 2. The second-order valence-corrected chi connectivity index (χ2v) is 6.81. The van der Waals surface area contributed by atoms with Crippen molar-refractivity contribution in [1.29, 1.82) is 0 Å². The minimum atomic E-state index is 0.353. The van der Waals surface area contributed by atoms with Gasteiger partial charge in [0.2, 0.25) is 5.69 Å². The van der Waals surface area contributed by atoms with Crippen LogP contribution in [0.5, 0.6) is 23.0 Å². The molecular weight excluding hydrogens is 342 g/mol. The van der Waals surface area contributed by atoms with E-state index in [0.717, 1.165) is 46.0 Å². The first-order chi connectivity index (χ1) is 13.1. The highest BCUT2D eigenvalue weighted by molar-refractivity contribution is 5.91. The predicted octanol–water partition coefficient (Wildman–Crippen LogP) is 3.95. The van der Waals surface area contributed by atoms with Crippen LogP contribution in [0.1, 0.15) is 18.4 Å². The van der Waals surface area contributed by atoms with Crippen molar-refractivity contribution in [3.63, 3.8) is 0 Å². The summed E-state index contributed by atoms with van der Waals surface area (Å²) in [6.07, 6.45) is 2.15. The zero-order chi connectivity index (χ0) is 19.1. The Labute approximate surface area is 159 Å². The maximum Gasteiger partial charge on any atom is 0.213 e. The van der Waals surface area contributed by atoms with Crippen molar-refractivity contribution in [2.45, 2.75) is 19.4 Å². The first kappa shape index (κ1) is 17.5. The van der Waals surface area contributed by atoms with Crippen LogP contribution >= 0.6 is 0 Å². The number of rotatable bonds is 4. The molecule has 0 amide bonds. The highest BCUT2D eigenvalue weighted by Crippen LogP contribution is 2.42. The standard InChI is InChI=1S/C22H24NO4/c1-13-11-23-12-17-14(6-7-19(24-2)22(17)27-5)8-18(23)16-10-21(26-4)20(25-3)9-15(13)16/h6-10,12-13H,11H2,1-5H3/q+1. The van der Waals surface area contributed by atoms with Gasteiger partial charge in [0, 0.05) is 12.0 Å². The molecule has 5 nitrogen and oxygen atoms in total. The summed E-state index contributed by atoms with van der Waals surface area (Å²) < 4.78 is 24.4. The molecule has 0 aliphatic carbocycles. The zero-order valence-electron chi connectivity index (χ0n) is 16.3. The van der Waals surface area contributed by atoms with Gasteiger partial charge in [-0.05, 0) is 35.2 Å². The second-order valence-electron chi connectivity index (χ2n) is 6.81. The lowest BCUT2D eigenvalue weighted by Gasteiger charge is -2.23. The molecule has 2 aromatic carbocycles. The summed E-state index contributed by atoms with van der Waals surface area (Å²) in [7, 11) is 6.68. The molecule has 0 spiro atoms. The number of fused-ring (bicyclic) bond motifs is 4. The summed E-state index contributed by atoms with van der Waals surface area (Å²) in [6, 6.07) is 10.4. The minimum absolute atomic E-state index is 0.353. The zero-order valence-corrected chi connectivity index (χ0v) is 16.3. The van der Waals surface area contributed by atoms with Crippen molar-refractivity contribution < 1.29 is 23.5 Å². The molecule has 5 heteroatoms. The Morgan fingerprint density at radius 1 is 0.852 bits per heavy atom. The summed E-state index contributed by atoms with van der Waals surface area (Å²) >= 11 is 0. The van der Waals surface area contributed by atoms with Gasteiger partial charge in [-0.2, -0.15) is 4.57 Å². The first-order valence-electron chi connectivity index (χ1n) is 8.95. The van der Waals surface area contributed by atoms with E-state index in [-0.39, 0.29) is 0 Å². The molecule has 1 atom stereocenters. The van der Waals surface area contributed by atoms with E-state index in [1.54, 1.807) is 28.4 Å². The van der Waals surface area contributed by atoms with Crippen molar-refractivity contribution in [1.82, 2.24) is 0 Å². The van der Waals surface area contributed by atoms with Crippen LogP contribution in [0.2, 0.25) is 0 Å². The summed E-state index contributed by atoms with van der Waals surface area (Å²) in [5, 5.41) is 2.14. The summed E-state index contributed by atoms with van der Waals surface area (Å²) in [5.41, 5.74) is 3.60. The van der Waals surface area contributed by atoms with Crippen molar-refractivity contribution in [2.75, 3.05) is 28.4 Å². The molecule has 0 radical (unpaired) electrons. The van der Waals surface area contributed by atoms with Gasteiger partial charge in [-0.15, -0.1) is 0 Å². The Bertz CT molecular complexity index is 1030. The molecule has 140 valence electrons. The average Bonchev–Trinajstić information content (AvgIpc) is 2.70. The van der Waals surface area contributed by atoms with Crippen molar-refractivity contribution in [3.8, 4) is 34.3 Å². The monoisotopic (exact) mass is 366 g/mol. The SMILES string of the molecule is COc1cc2c(cc1OC)C(C)C[n+]1cc3c(OC)c(OC)ccc3cc1-2. The molecule has 0 saturated carbocycles. The van der Waals surface area contributed by atoms with E-state index in [2.05, 4.69) is 42.0 Å². The lowest BCUT2D eigenvalue weighted by molar-refractivity contribution is -0.689. The van der Waals surface area contributed by atoms with Crippen LogP contribution in [0.4, 0.5) is 0 Å². The highest BCUT2D eigenvalue weighted by atomic mass is 16.5. The highest BCUT2D eigenvalue weighted by Gasteiger charge is 2.31. The van der Waals surface area contributed by atoms with Crippen molar-refractivity contribution in [2.24, 2.45) is 0 Å². The molecule has 3 aromatic rings. The van der Waals surface area contributed by atoms with E-state index < -0.39 is 0 Å². The number of ether oxygens (including phenoxy) is 4. The predicted molar refractivity (Wildman–Crippen MR) is 104 cm³/mol. The van der Waals surface area contributed by atoms with Gasteiger partial charge in [-0.25, -0.2) is 0 Å². The number of nitrogens with zero attached hydrogens (tertiary/aromatic N) is 1. The van der Waals surface area contributed by atoms with E-state index in [9.17, 15) is 0 Å². The lowest BCUT2D eigenvalue weighted by Crippen LogP contribution is -2.41. The molecule has 2 heterocycles. The first-order valence-corrected chi connectivity index (χ1v) is 8.95. The number of hydrogen-bond donors (Lipinski definition) is 0. The van der Waals surface area contributed by atoms with Crippen LogP contribution in [-0.2, 0) is 6.54 Å². The average molecular weight is 366 g/mol. The van der Waals surface area contributed by atoms with E-state index >= 15 is 0 Å². The van der Waals surface area contributed by atoms with E-state index in [4.69, 9.17) is 18.9 Å². The van der Waals surface area contributed by atoms with Gasteiger partial charge in [-0.1, -0.05) is 6.92 Å². The third kappa shape index (κ3) is 2.65. The van der Waals surface area contributed by atoms with Crippen molar-refractivity contribution >= 4 is 10.8 Å². The van der Waals surface area contributed by atoms with Gasteiger partial charge < -0.3 is 18.9 Å². The van der Waals surface area contributed by atoms with E-state index in [1.165, 1.54) is 11.1 Å². The third-order valence-corrected chi connectivity index (χ3v) is 5.34. The molecule has 0 saturated heterocycles. The fourth-order valence-corrected chi connectivity index (χ4v) is 3.98. The molecule has 0 N–H and O–H groups in total. The Kier molecular flexibility index (Phi) is 4.30. The van der Waals surface area contributed by atoms with Crippen LogP contribution in [-0.4, -0.2) is 28.4 Å². The van der Waals surface area contributed by atoms with Crippen LogP contribution in [0.25, 0.3) is 22.0 Å². The normalized spacial score (nSPS) is 15.1. The van der Waals surface area contributed by atoms with Crippen LogP contribution in [0, 0.1) is 0 Å². The smallest absolute Gasteiger partial charge is 0.213 e. The molecule has 27 heavy (non-hydrogen) atoms. The van der Waals surface area contributed by atoms with Crippen LogP contribution in [0.3, 0.4) is 0 Å². The molecule has 4 rings (SSSR count). The second kappa shape index (κ2) is 6.65. The Morgan fingerprint density at radius 3 is 2.22 bits per heavy atom. The Morgan fingerprint density at radius 2 is 1.56 bits per heavy atom. The van der Waals surface area contributed by atoms with Gasteiger partial charge >= 0.3 is 0 Å². The minimum Gasteiger partial charge on any atom is -0.493 e. The maximum absolute atomic E-state index is 5.63. The third-order valence-electron chi connectivity index (χ3n) is 5.34. The molecule has 1 aliphatic heterocycles. The Hall–Kier alpha value is -2.95. The van der Waals surface area contributed by atoms with Gasteiger partial charge in [0.15, 0.2) is 35.7 Å². The summed E-state index contributed by atoms with van der Waals surface area (Å²) in [5.74, 6) is 3.36. The lowest BCUT2D eigenvalue weighted by atomic mass is 9.88. The number of aromatic nitrogens is 1. The molecule has 0 fully saturated rings. The largest absolute Gasteiger partial charge is 0.493 e. The quantitative estimate of drug-likeness (QED) is 0.656. The van der Waals surface area contributed by atoms with Crippen molar-refractivity contribution in [3.05, 3.63) is 42.1 Å². The van der Waals surface area contributed by atoms with Gasteiger partial charge in [0.25, 0.3) is 0 Å². The molecule has 0 bridgehead atoms. The van der Waals surface area contributed by atoms with E-state index in [0.29, 0.717) is 5.92 Å². The van der Waals surface area contributed by atoms with Crippen LogP contribution < -0.4 is 23.5 Å². The number of pyridine rings is 1. The summed E-state index contributed by atoms with van der Waals surface area (Å²) in [4.78, 5) is 0. The maximum atomic E-state index is 5.63. The van der Waals surface area contributed by atoms with Gasteiger partial charge in [0.05, 0.1) is 39.4 Å². The van der Waals surface area contributed by atoms with Gasteiger partial charge in [0.1, 0.15) is 0 Å². The Balaban J connectivity index is 1.99. The molecular formula is C22H24NO4+. The summed E-state index contributed by atoms with van der Waals surface area (Å²) in [6.45, 7) is 3.11. The fourth-order valence-electron chi connectivity index (χ4n) is 3.98. The number of methoxy groups -OCH3 is 4. The molecule has 1 unspecified atom stereocenters. The van der Waals surface area contributed by atoms with E-state index in [1.807, 2.05) is 6.07 Å².